The Hall–Kier alpha value is -3.36. The van der Waals surface area contributed by atoms with Crippen LogP contribution in [0.1, 0.15) is 22.6 Å². The molecule has 4 heterocycles. The quantitative estimate of drug-likeness (QED) is 0.518. The SMILES string of the molecule is Cc1cc(C)nc(-n2nc(C)c3c(C(F)(F)F)cc(-c4cccnc4)nc32)n1. The summed E-state index contributed by atoms with van der Waals surface area (Å²) < 4.78 is 42.7. The van der Waals surface area contributed by atoms with Gasteiger partial charge in [0.1, 0.15) is 0 Å². The van der Waals surface area contributed by atoms with Crippen molar-refractivity contribution < 1.29 is 13.2 Å². The number of hydrogen-bond donors (Lipinski definition) is 0. The number of alkyl halides is 3. The van der Waals surface area contributed by atoms with Gasteiger partial charge in [-0.05, 0) is 45.0 Å². The Morgan fingerprint density at radius 2 is 1.68 bits per heavy atom. The van der Waals surface area contributed by atoms with Gasteiger partial charge in [0, 0.05) is 29.3 Å². The van der Waals surface area contributed by atoms with E-state index in [1.165, 1.54) is 17.8 Å². The molecular formula is C19H15F3N6. The van der Waals surface area contributed by atoms with E-state index >= 15 is 0 Å². The van der Waals surface area contributed by atoms with Crippen molar-refractivity contribution >= 4 is 11.0 Å². The summed E-state index contributed by atoms with van der Waals surface area (Å²) in [4.78, 5) is 17.1. The molecule has 0 radical (unpaired) electrons. The van der Waals surface area contributed by atoms with Gasteiger partial charge in [-0.3, -0.25) is 4.98 Å². The normalized spacial score (nSPS) is 11.9. The maximum Gasteiger partial charge on any atom is 0.417 e. The Bertz CT molecular complexity index is 1160. The van der Waals surface area contributed by atoms with Crippen LogP contribution < -0.4 is 0 Å². The minimum Gasteiger partial charge on any atom is -0.264 e. The molecule has 0 aromatic carbocycles. The van der Waals surface area contributed by atoms with E-state index in [9.17, 15) is 13.2 Å². The highest BCUT2D eigenvalue weighted by Crippen LogP contribution is 2.38. The molecule has 0 bridgehead atoms. The van der Waals surface area contributed by atoms with E-state index in [2.05, 4.69) is 25.0 Å². The van der Waals surface area contributed by atoms with Crippen LogP contribution in [0.25, 0.3) is 28.2 Å². The van der Waals surface area contributed by atoms with E-state index in [-0.39, 0.29) is 28.4 Å². The monoisotopic (exact) mass is 384 g/mol. The zero-order valence-electron chi connectivity index (χ0n) is 15.3. The van der Waals surface area contributed by atoms with E-state index in [0.29, 0.717) is 17.0 Å². The molecule has 0 saturated carbocycles. The lowest BCUT2D eigenvalue weighted by atomic mass is 10.1. The fourth-order valence-electron chi connectivity index (χ4n) is 3.12. The first-order valence-corrected chi connectivity index (χ1v) is 8.44. The number of pyridine rings is 2. The molecule has 28 heavy (non-hydrogen) atoms. The zero-order chi connectivity index (χ0) is 20.1. The molecule has 0 atom stereocenters. The lowest BCUT2D eigenvalue weighted by Gasteiger charge is -2.11. The Morgan fingerprint density at radius 3 is 2.29 bits per heavy atom. The molecular weight excluding hydrogens is 369 g/mol. The van der Waals surface area contributed by atoms with Crippen LogP contribution in [-0.4, -0.2) is 29.7 Å². The third kappa shape index (κ3) is 3.08. The summed E-state index contributed by atoms with van der Waals surface area (Å²) in [6.45, 7) is 5.08. The molecule has 0 aliphatic rings. The van der Waals surface area contributed by atoms with Crippen LogP contribution in [0, 0.1) is 20.8 Å². The van der Waals surface area contributed by atoms with Crippen molar-refractivity contribution in [3.8, 4) is 17.2 Å². The molecule has 9 heteroatoms. The summed E-state index contributed by atoms with van der Waals surface area (Å²) in [6, 6.07) is 6.10. The summed E-state index contributed by atoms with van der Waals surface area (Å²) >= 11 is 0. The van der Waals surface area contributed by atoms with Gasteiger partial charge < -0.3 is 0 Å². The highest BCUT2D eigenvalue weighted by molar-refractivity contribution is 5.86. The average molecular weight is 384 g/mol. The van der Waals surface area contributed by atoms with Crippen molar-refractivity contribution in [1.82, 2.24) is 29.7 Å². The second kappa shape index (κ2) is 6.36. The van der Waals surface area contributed by atoms with Crippen molar-refractivity contribution in [1.29, 1.82) is 0 Å². The average Bonchev–Trinajstić information content (AvgIpc) is 2.97. The first-order valence-electron chi connectivity index (χ1n) is 8.44. The molecule has 142 valence electrons. The number of rotatable bonds is 2. The van der Waals surface area contributed by atoms with Crippen molar-refractivity contribution in [2.24, 2.45) is 0 Å². The Balaban J connectivity index is 2.08. The van der Waals surface area contributed by atoms with Crippen LogP contribution in [0.15, 0.2) is 36.7 Å². The van der Waals surface area contributed by atoms with E-state index in [4.69, 9.17) is 0 Å². The Morgan fingerprint density at radius 1 is 0.964 bits per heavy atom. The van der Waals surface area contributed by atoms with Crippen LogP contribution >= 0.6 is 0 Å². The highest BCUT2D eigenvalue weighted by atomic mass is 19.4. The topological polar surface area (TPSA) is 69.4 Å². The van der Waals surface area contributed by atoms with Gasteiger partial charge in [-0.25, -0.2) is 15.0 Å². The smallest absolute Gasteiger partial charge is 0.264 e. The van der Waals surface area contributed by atoms with Crippen molar-refractivity contribution in [3.63, 3.8) is 0 Å². The van der Waals surface area contributed by atoms with Crippen molar-refractivity contribution in [2.75, 3.05) is 0 Å². The summed E-state index contributed by atoms with van der Waals surface area (Å²) in [5.41, 5.74) is 1.45. The van der Waals surface area contributed by atoms with E-state index < -0.39 is 11.7 Å². The largest absolute Gasteiger partial charge is 0.417 e. The number of nitrogens with zero attached hydrogens (tertiary/aromatic N) is 6. The summed E-state index contributed by atoms with van der Waals surface area (Å²) in [6.07, 6.45) is -1.56. The molecule has 4 aromatic rings. The second-order valence-electron chi connectivity index (χ2n) is 6.44. The maximum absolute atomic E-state index is 13.8. The van der Waals surface area contributed by atoms with Crippen LogP contribution in [0.5, 0.6) is 0 Å². The van der Waals surface area contributed by atoms with Gasteiger partial charge in [-0.15, -0.1) is 0 Å². The molecule has 0 aliphatic heterocycles. The molecule has 4 rings (SSSR count). The van der Waals surface area contributed by atoms with Crippen molar-refractivity contribution in [3.05, 3.63) is 59.3 Å². The molecule has 0 aliphatic carbocycles. The first kappa shape index (κ1) is 18.0. The minimum absolute atomic E-state index is 0.0520. The Labute approximate surface area is 158 Å². The van der Waals surface area contributed by atoms with Crippen LogP contribution in [0.3, 0.4) is 0 Å². The van der Waals surface area contributed by atoms with Gasteiger partial charge in [-0.2, -0.15) is 23.0 Å². The number of fused-ring (bicyclic) bond motifs is 1. The molecule has 0 N–H and O–H groups in total. The summed E-state index contributed by atoms with van der Waals surface area (Å²) in [5.74, 6) is 0.180. The van der Waals surface area contributed by atoms with Gasteiger partial charge in [0.2, 0.25) is 0 Å². The van der Waals surface area contributed by atoms with E-state index in [1.807, 2.05) is 0 Å². The number of aryl methyl sites for hydroxylation is 3. The van der Waals surface area contributed by atoms with E-state index in [0.717, 1.165) is 6.07 Å². The molecule has 0 spiro atoms. The summed E-state index contributed by atoms with van der Waals surface area (Å²) in [7, 11) is 0. The highest BCUT2D eigenvalue weighted by Gasteiger charge is 2.36. The predicted octanol–water partition coefficient (Wildman–Crippen LogP) is 4.22. The van der Waals surface area contributed by atoms with Gasteiger partial charge in [0.25, 0.3) is 5.95 Å². The first-order chi connectivity index (χ1) is 13.2. The number of halogens is 3. The standard InChI is InChI=1S/C19H15F3N6/c1-10-7-11(2)25-18(24-10)28-17-16(12(3)27-28)14(19(20,21)22)8-15(26-17)13-5-4-6-23-9-13/h4-9H,1-3H3. The molecule has 0 amide bonds. The lowest BCUT2D eigenvalue weighted by Crippen LogP contribution is -2.09. The molecule has 4 aromatic heterocycles. The second-order valence-corrected chi connectivity index (χ2v) is 6.44. The van der Waals surface area contributed by atoms with Crippen LogP contribution in [-0.2, 0) is 6.18 Å². The minimum atomic E-state index is -4.57. The fraction of sp³-hybridized carbons (Fsp3) is 0.211. The third-order valence-corrected chi connectivity index (χ3v) is 4.24. The van der Waals surface area contributed by atoms with Gasteiger partial charge in [0.15, 0.2) is 5.65 Å². The number of hydrogen-bond acceptors (Lipinski definition) is 5. The third-order valence-electron chi connectivity index (χ3n) is 4.24. The van der Waals surface area contributed by atoms with Gasteiger partial charge >= 0.3 is 6.18 Å². The summed E-state index contributed by atoms with van der Waals surface area (Å²) in [5, 5.41) is 4.20. The van der Waals surface area contributed by atoms with Crippen LogP contribution in [0.2, 0.25) is 0 Å². The van der Waals surface area contributed by atoms with Gasteiger partial charge in [-0.1, -0.05) is 0 Å². The fourth-order valence-corrected chi connectivity index (χ4v) is 3.12. The molecule has 0 fully saturated rings. The number of aromatic nitrogens is 6. The van der Waals surface area contributed by atoms with E-state index in [1.54, 1.807) is 38.2 Å². The molecule has 6 nitrogen and oxygen atoms in total. The zero-order valence-corrected chi connectivity index (χ0v) is 15.3. The molecule has 0 unspecified atom stereocenters. The van der Waals surface area contributed by atoms with Crippen LogP contribution in [0.4, 0.5) is 13.2 Å². The van der Waals surface area contributed by atoms with Crippen molar-refractivity contribution in [2.45, 2.75) is 26.9 Å². The predicted molar refractivity (Wildman–Crippen MR) is 96.9 cm³/mol. The lowest BCUT2D eigenvalue weighted by molar-refractivity contribution is -0.136. The molecule has 0 saturated heterocycles. The Kier molecular flexibility index (Phi) is 4.10. The van der Waals surface area contributed by atoms with Gasteiger partial charge in [0.05, 0.1) is 22.3 Å². The maximum atomic E-state index is 13.8.